The average Bonchev–Trinajstić information content (AvgIpc) is 3.46. The first-order chi connectivity index (χ1) is 19.0. The van der Waals surface area contributed by atoms with Gasteiger partial charge < -0.3 is 19.5 Å². The quantitative estimate of drug-likeness (QED) is 0.235. The lowest BCUT2D eigenvalue weighted by molar-refractivity contribution is 0.479. The summed E-state index contributed by atoms with van der Waals surface area (Å²) in [6.07, 6.45) is 5.52. The van der Waals surface area contributed by atoms with Crippen LogP contribution in [0.1, 0.15) is 40.3 Å². The molecule has 1 saturated heterocycles. The van der Waals surface area contributed by atoms with Crippen molar-refractivity contribution in [3.05, 3.63) is 132 Å². The lowest BCUT2D eigenvalue weighted by atomic mass is 9.96. The van der Waals surface area contributed by atoms with Gasteiger partial charge in [-0.2, -0.15) is 0 Å². The molecule has 4 heterocycles. The van der Waals surface area contributed by atoms with Crippen LogP contribution in [0.15, 0.2) is 104 Å². The van der Waals surface area contributed by atoms with E-state index in [0.29, 0.717) is 5.11 Å². The fraction of sp³-hybridized carbons (Fsp3) is 0.156. The highest BCUT2D eigenvalue weighted by Gasteiger charge is 2.42. The Morgan fingerprint density at radius 2 is 1.64 bits per heavy atom. The number of anilines is 1. The number of rotatable bonds is 6. The van der Waals surface area contributed by atoms with Crippen molar-refractivity contribution < 1.29 is 4.74 Å². The molecule has 1 aliphatic rings. The molecule has 7 heteroatoms. The zero-order chi connectivity index (χ0) is 26.9. The predicted molar refractivity (Wildman–Crippen MR) is 159 cm³/mol. The fourth-order valence-electron chi connectivity index (χ4n) is 5.39. The Kier molecular flexibility index (Phi) is 6.59. The number of nitrogens with zero attached hydrogens (tertiary/aromatic N) is 4. The molecular formula is C32H29N5OS. The van der Waals surface area contributed by atoms with Crippen molar-refractivity contribution in [1.29, 1.82) is 0 Å². The highest BCUT2D eigenvalue weighted by Crippen LogP contribution is 2.44. The van der Waals surface area contributed by atoms with Crippen molar-refractivity contribution in [3.63, 3.8) is 0 Å². The lowest BCUT2D eigenvalue weighted by Gasteiger charge is -2.28. The number of hydrogen-bond donors (Lipinski definition) is 1. The first-order valence-electron chi connectivity index (χ1n) is 12.9. The number of pyridine rings is 2. The second-order valence-electron chi connectivity index (χ2n) is 9.73. The number of ether oxygens (including phenoxy) is 1. The number of hydrogen-bond acceptors (Lipinski definition) is 4. The molecule has 2 aromatic carbocycles. The molecule has 0 unspecified atom stereocenters. The molecule has 194 valence electrons. The topological polar surface area (TPSA) is 55.2 Å². The van der Waals surface area contributed by atoms with Crippen molar-refractivity contribution in [2.24, 2.45) is 0 Å². The monoisotopic (exact) mass is 531 g/mol. The van der Waals surface area contributed by atoms with Crippen LogP contribution in [0.3, 0.4) is 0 Å². The first kappa shape index (κ1) is 24.8. The van der Waals surface area contributed by atoms with Gasteiger partial charge in [-0.3, -0.25) is 9.97 Å². The van der Waals surface area contributed by atoms with Gasteiger partial charge in [0.2, 0.25) is 0 Å². The van der Waals surface area contributed by atoms with Gasteiger partial charge in [0.15, 0.2) is 5.11 Å². The second kappa shape index (κ2) is 10.3. The van der Waals surface area contributed by atoms with E-state index in [-0.39, 0.29) is 12.1 Å². The number of aromatic nitrogens is 3. The standard InChI is InChI=1S/C32H29N5OS/c1-21-9-4-5-12-29(21)38-26-15-13-24(14-16-26)37-31(30(35-32(37)39)28-11-6-7-18-34-28)27-19-22(2)36(23(27)3)25-10-8-17-33-20-25/h4-20,30-31H,1-3H3,(H,35,39)/t30-,31-/m1/s1. The largest absolute Gasteiger partial charge is 0.457 e. The minimum atomic E-state index is -0.121. The van der Waals surface area contributed by atoms with E-state index in [4.69, 9.17) is 21.9 Å². The lowest BCUT2D eigenvalue weighted by Crippen LogP contribution is -2.29. The van der Waals surface area contributed by atoms with E-state index in [1.807, 2.05) is 73.9 Å². The maximum atomic E-state index is 6.16. The van der Waals surface area contributed by atoms with Gasteiger partial charge in [-0.25, -0.2) is 0 Å². The van der Waals surface area contributed by atoms with Crippen LogP contribution in [-0.2, 0) is 0 Å². The summed E-state index contributed by atoms with van der Waals surface area (Å²) in [6.45, 7) is 6.33. The average molecular weight is 532 g/mol. The number of aryl methyl sites for hydroxylation is 2. The number of thiocarbonyl (C=S) groups is 1. The van der Waals surface area contributed by atoms with Crippen LogP contribution in [0.25, 0.3) is 5.69 Å². The number of benzene rings is 2. The molecule has 1 aliphatic heterocycles. The zero-order valence-electron chi connectivity index (χ0n) is 22.1. The van der Waals surface area contributed by atoms with Crippen LogP contribution < -0.4 is 15.0 Å². The molecule has 0 radical (unpaired) electrons. The minimum Gasteiger partial charge on any atom is -0.457 e. The van der Waals surface area contributed by atoms with Gasteiger partial charge in [-0.05, 0) is 105 Å². The maximum absolute atomic E-state index is 6.16. The van der Waals surface area contributed by atoms with E-state index in [1.54, 1.807) is 6.20 Å². The summed E-state index contributed by atoms with van der Waals surface area (Å²) < 4.78 is 8.40. The Bertz CT molecular complexity index is 1620. The zero-order valence-corrected chi connectivity index (χ0v) is 22.9. The molecule has 0 saturated carbocycles. The third-order valence-electron chi connectivity index (χ3n) is 7.23. The molecule has 1 fully saturated rings. The Hall–Kier alpha value is -4.49. The van der Waals surface area contributed by atoms with Crippen molar-refractivity contribution >= 4 is 23.0 Å². The molecule has 1 N–H and O–H groups in total. The van der Waals surface area contributed by atoms with Crippen LogP contribution in [0.2, 0.25) is 0 Å². The Balaban J connectivity index is 1.41. The second-order valence-corrected chi connectivity index (χ2v) is 10.1. The summed E-state index contributed by atoms with van der Waals surface area (Å²) in [6, 6.07) is 28.2. The molecule has 5 aromatic rings. The van der Waals surface area contributed by atoms with Gasteiger partial charge in [0, 0.05) is 29.5 Å². The first-order valence-corrected chi connectivity index (χ1v) is 13.4. The fourth-order valence-corrected chi connectivity index (χ4v) is 5.74. The van der Waals surface area contributed by atoms with Gasteiger partial charge in [-0.15, -0.1) is 0 Å². The smallest absolute Gasteiger partial charge is 0.174 e. The Labute approximate surface area is 233 Å². The van der Waals surface area contributed by atoms with Gasteiger partial charge in [0.1, 0.15) is 11.5 Å². The maximum Gasteiger partial charge on any atom is 0.174 e. The Morgan fingerprint density at radius 3 is 2.36 bits per heavy atom. The number of para-hydroxylation sites is 1. The van der Waals surface area contributed by atoms with E-state index in [2.05, 4.69) is 63.9 Å². The molecule has 0 amide bonds. The summed E-state index contributed by atoms with van der Waals surface area (Å²) in [5, 5.41) is 4.23. The summed E-state index contributed by atoms with van der Waals surface area (Å²) >= 11 is 5.95. The van der Waals surface area contributed by atoms with Crippen LogP contribution in [0.5, 0.6) is 11.5 Å². The van der Waals surface area contributed by atoms with E-state index in [1.165, 1.54) is 5.56 Å². The summed E-state index contributed by atoms with van der Waals surface area (Å²) in [4.78, 5) is 11.2. The normalized spacial score (nSPS) is 16.8. The predicted octanol–water partition coefficient (Wildman–Crippen LogP) is 7.16. The minimum absolute atomic E-state index is 0.104. The molecule has 6 nitrogen and oxygen atoms in total. The van der Waals surface area contributed by atoms with E-state index in [0.717, 1.165) is 45.5 Å². The van der Waals surface area contributed by atoms with Gasteiger partial charge in [0.25, 0.3) is 0 Å². The van der Waals surface area contributed by atoms with Crippen molar-refractivity contribution in [2.75, 3.05) is 4.90 Å². The summed E-state index contributed by atoms with van der Waals surface area (Å²) in [5.74, 6) is 1.62. The third kappa shape index (κ3) is 4.66. The van der Waals surface area contributed by atoms with E-state index in [9.17, 15) is 0 Å². The SMILES string of the molecule is Cc1ccccc1Oc1ccc(N2C(=S)N[C@H](c3ccccn3)[C@H]2c2cc(C)n(-c3cccnc3)c2C)cc1. The summed E-state index contributed by atoms with van der Waals surface area (Å²) in [7, 11) is 0. The molecule has 0 aliphatic carbocycles. The summed E-state index contributed by atoms with van der Waals surface area (Å²) in [5.41, 5.74) is 7.51. The highest BCUT2D eigenvalue weighted by atomic mass is 32.1. The van der Waals surface area contributed by atoms with Crippen molar-refractivity contribution in [1.82, 2.24) is 19.9 Å². The van der Waals surface area contributed by atoms with E-state index < -0.39 is 0 Å². The highest BCUT2D eigenvalue weighted by molar-refractivity contribution is 7.80. The van der Waals surface area contributed by atoms with Crippen LogP contribution in [0.4, 0.5) is 5.69 Å². The Morgan fingerprint density at radius 1 is 0.846 bits per heavy atom. The molecule has 39 heavy (non-hydrogen) atoms. The molecule has 3 aromatic heterocycles. The van der Waals surface area contributed by atoms with Gasteiger partial charge >= 0.3 is 0 Å². The molecule has 0 bridgehead atoms. The molecular weight excluding hydrogens is 502 g/mol. The van der Waals surface area contributed by atoms with Crippen LogP contribution in [-0.4, -0.2) is 19.6 Å². The van der Waals surface area contributed by atoms with Crippen LogP contribution in [0, 0.1) is 20.8 Å². The van der Waals surface area contributed by atoms with E-state index >= 15 is 0 Å². The molecule has 0 spiro atoms. The molecule has 6 rings (SSSR count). The van der Waals surface area contributed by atoms with Crippen molar-refractivity contribution in [3.8, 4) is 17.2 Å². The van der Waals surface area contributed by atoms with Crippen LogP contribution >= 0.6 is 12.2 Å². The van der Waals surface area contributed by atoms with Gasteiger partial charge in [-0.1, -0.05) is 24.3 Å². The number of nitrogens with one attached hydrogen (secondary N) is 1. The molecule has 2 atom stereocenters. The van der Waals surface area contributed by atoms with Gasteiger partial charge in [0.05, 0.1) is 29.7 Å². The van der Waals surface area contributed by atoms with Crippen molar-refractivity contribution in [2.45, 2.75) is 32.9 Å². The third-order valence-corrected chi connectivity index (χ3v) is 7.54.